The van der Waals surface area contributed by atoms with E-state index in [9.17, 15) is 9.59 Å². The van der Waals surface area contributed by atoms with Crippen LogP contribution in [0, 0.1) is 23.7 Å². The summed E-state index contributed by atoms with van der Waals surface area (Å²) >= 11 is 0. The van der Waals surface area contributed by atoms with Crippen LogP contribution in [0.15, 0.2) is 0 Å². The maximum absolute atomic E-state index is 11.8. The molecule has 0 aromatic rings. The topological polar surface area (TPSA) is 57.6 Å². The van der Waals surface area contributed by atoms with Crippen molar-refractivity contribution in [3.63, 3.8) is 0 Å². The molecule has 0 spiro atoms. The van der Waals surface area contributed by atoms with Crippen molar-refractivity contribution in [1.29, 1.82) is 0 Å². The molecule has 2 fully saturated rings. The lowest BCUT2D eigenvalue weighted by Gasteiger charge is -2.28. The first-order chi connectivity index (χ1) is 7.99. The van der Waals surface area contributed by atoms with Gasteiger partial charge in [-0.2, -0.15) is 0 Å². The van der Waals surface area contributed by atoms with Gasteiger partial charge in [0.05, 0.1) is 0 Å². The Balaban J connectivity index is 1.87. The summed E-state index contributed by atoms with van der Waals surface area (Å²) < 4.78 is 0. The third kappa shape index (κ3) is 2.45. The summed E-state index contributed by atoms with van der Waals surface area (Å²) in [5, 5.41) is 8.82. The standard InChI is InChI=1S/C13H21NO3/c1-8(13(16)17)12(15)14(2)7-11-6-9-3-4-10(11)5-9/h8-11H,3-7H2,1-2H3,(H,16,17). The summed E-state index contributed by atoms with van der Waals surface area (Å²) in [6.45, 7) is 2.19. The number of carbonyl (C=O) groups excluding carboxylic acids is 1. The van der Waals surface area contributed by atoms with Crippen molar-refractivity contribution >= 4 is 11.9 Å². The molecule has 4 unspecified atom stereocenters. The van der Waals surface area contributed by atoms with Crippen molar-refractivity contribution in [2.45, 2.75) is 32.6 Å². The minimum absolute atomic E-state index is 0.264. The van der Waals surface area contributed by atoms with E-state index in [1.165, 1.54) is 32.6 Å². The van der Waals surface area contributed by atoms with E-state index in [1.807, 2.05) is 0 Å². The predicted molar refractivity (Wildman–Crippen MR) is 63.4 cm³/mol. The van der Waals surface area contributed by atoms with Crippen LogP contribution in [-0.4, -0.2) is 35.5 Å². The van der Waals surface area contributed by atoms with Crippen LogP contribution in [0.4, 0.5) is 0 Å². The first-order valence-electron chi connectivity index (χ1n) is 6.46. The van der Waals surface area contributed by atoms with Crippen molar-refractivity contribution in [1.82, 2.24) is 4.90 Å². The van der Waals surface area contributed by atoms with Gasteiger partial charge in [0.1, 0.15) is 5.92 Å². The van der Waals surface area contributed by atoms with Gasteiger partial charge in [0.2, 0.25) is 5.91 Å². The molecule has 4 nitrogen and oxygen atoms in total. The minimum atomic E-state index is -1.03. The van der Waals surface area contributed by atoms with Crippen LogP contribution in [0.3, 0.4) is 0 Å². The summed E-state index contributed by atoms with van der Waals surface area (Å²) in [5.41, 5.74) is 0. The van der Waals surface area contributed by atoms with Gasteiger partial charge in [0.25, 0.3) is 0 Å². The van der Waals surface area contributed by atoms with Gasteiger partial charge >= 0.3 is 5.97 Å². The number of nitrogens with zero attached hydrogens (tertiary/aromatic N) is 1. The van der Waals surface area contributed by atoms with E-state index in [1.54, 1.807) is 11.9 Å². The molecule has 2 rings (SSSR count). The van der Waals surface area contributed by atoms with E-state index in [4.69, 9.17) is 5.11 Å². The second-order valence-corrected chi connectivity index (χ2v) is 5.71. The number of carboxylic acids is 1. The van der Waals surface area contributed by atoms with Gasteiger partial charge in [-0.3, -0.25) is 9.59 Å². The van der Waals surface area contributed by atoms with Crippen LogP contribution in [0.25, 0.3) is 0 Å². The number of rotatable bonds is 4. The number of hydrogen-bond donors (Lipinski definition) is 1. The van der Waals surface area contributed by atoms with Gasteiger partial charge in [-0.1, -0.05) is 6.42 Å². The average Bonchev–Trinajstić information content (AvgIpc) is 2.88. The first-order valence-corrected chi connectivity index (χ1v) is 6.46. The lowest BCUT2D eigenvalue weighted by molar-refractivity contribution is -0.150. The van der Waals surface area contributed by atoms with E-state index >= 15 is 0 Å². The van der Waals surface area contributed by atoms with Crippen molar-refractivity contribution in [3.8, 4) is 0 Å². The van der Waals surface area contributed by atoms with Gasteiger partial charge in [-0.15, -0.1) is 0 Å². The van der Waals surface area contributed by atoms with Crippen molar-refractivity contribution in [2.24, 2.45) is 23.7 Å². The highest BCUT2D eigenvalue weighted by molar-refractivity contribution is 5.96. The summed E-state index contributed by atoms with van der Waals surface area (Å²) in [6, 6.07) is 0. The van der Waals surface area contributed by atoms with Crippen molar-refractivity contribution < 1.29 is 14.7 Å². The monoisotopic (exact) mass is 239 g/mol. The molecule has 17 heavy (non-hydrogen) atoms. The van der Waals surface area contributed by atoms with E-state index in [-0.39, 0.29) is 5.91 Å². The molecule has 0 radical (unpaired) electrons. The molecule has 1 N–H and O–H groups in total. The normalized spacial score (nSPS) is 32.5. The zero-order chi connectivity index (χ0) is 12.6. The molecule has 0 heterocycles. The Morgan fingerprint density at radius 2 is 2.06 bits per heavy atom. The summed E-state index contributed by atoms with van der Waals surface area (Å²) in [6.07, 6.45) is 5.20. The van der Waals surface area contributed by atoms with Gasteiger partial charge in [0.15, 0.2) is 0 Å². The zero-order valence-corrected chi connectivity index (χ0v) is 10.6. The molecule has 0 aliphatic heterocycles. The van der Waals surface area contributed by atoms with Crippen LogP contribution in [0.1, 0.15) is 32.6 Å². The van der Waals surface area contributed by atoms with E-state index < -0.39 is 11.9 Å². The SMILES string of the molecule is CC(C(=O)O)C(=O)N(C)CC1CC2CCC1C2. The second kappa shape index (κ2) is 4.67. The zero-order valence-electron chi connectivity index (χ0n) is 10.6. The summed E-state index contributed by atoms with van der Waals surface area (Å²) in [7, 11) is 1.73. The highest BCUT2D eigenvalue weighted by atomic mass is 16.4. The molecule has 4 atom stereocenters. The molecule has 0 aromatic carbocycles. The van der Waals surface area contributed by atoms with Crippen LogP contribution in [0.5, 0.6) is 0 Å². The Hall–Kier alpha value is -1.06. The lowest BCUT2D eigenvalue weighted by atomic mass is 9.88. The Labute approximate surface area is 102 Å². The fourth-order valence-electron chi connectivity index (χ4n) is 3.48. The molecule has 0 aromatic heterocycles. The molecule has 2 aliphatic carbocycles. The number of carbonyl (C=O) groups is 2. The average molecular weight is 239 g/mol. The van der Waals surface area contributed by atoms with Crippen LogP contribution in [-0.2, 0) is 9.59 Å². The van der Waals surface area contributed by atoms with E-state index in [2.05, 4.69) is 0 Å². The van der Waals surface area contributed by atoms with Gasteiger partial charge in [-0.25, -0.2) is 0 Å². The highest BCUT2D eigenvalue weighted by Crippen LogP contribution is 2.48. The van der Waals surface area contributed by atoms with Crippen molar-refractivity contribution in [2.75, 3.05) is 13.6 Å². The van der Waals surface area contributed by atoms with E-state index in [0.717, 1.165) is 18.4 Å². The van der Waals surface area contributed by atoms with Gasteiger partial charge < -0.3 is 10.0 Å². The maximum Gasteiger partial charge on any atom is 0.315 e. The van der Waals surface area contributed by atoms with E-state index in [0.29, 0.717) is 5.92 Å². The summed E-state index contributed by atoms with van der Waals surface area (Å²) in [4.78, 5) is 24.2. The third-order valence-corrected chi connectivity index (χ3v) is 4.51. The fourth-order valence-corrected chi connectivity index (χ4v) is 3.48. The Kier molecular flexibility index (Phi) is 3.40. The van der Waals surface area contributed by atoms with Crippen LogP contribution < -0.4 is 0 Å². The predicted octanol–water partition coefficient (Wildman–Crippen LogP) is 1.60. The molecule has 96 valence electrons. The van der Waals surface area contributed by atoms with Gasteiger partial charge in [0, 0.05) is 13.6 Å². The Bertz CT molecular complexity index is 329. The third-order valence-electron chi connectivity index (χ3n) is 4.51. The lowest BCUT2D eigenvalue weighted by Crippen LogP contribution is -2.39. The number of fused-ring (bicyclic) bond motifs is 2. The molecule has 1 amide bonds. The highest BCUT2D eigenvalue weighted by Gasteiger charge is 2.40. The second-order valence-electron chi connectivity index (χ2n) is 5.71. The molecular weight excluding hydrogens is 218 g/mol. The molecular formula is C13H21NO3. The smallest absolute Gasteiger partial charge is 0.315 e. The molecule has 2 aliphatic rings. The first kappa shape index (κ1) is 12.4. The number of hydrogen-bond acceptors (Lipinski definition) is 2. The Morgan fingerprint density at radius 3 is 2.53 bits per heavy atom. The van der Waals surface area contributed by atoms with Crippen molar-refractivity contribution in [3.05, 3.63) is 0 Å². The molecule has 2 saturated carbocycles. The largest absolute Gasteiger partial charge is 0.481 e. The fraction of sp³-hybridized carbons (Fsp3) is 0.846. The van der Waals surface area contributed by atoms with Crippen LogP contribution in [0.2, 0.25) is 0 Å². The maximum atomic E-state index is 11.8. The molecule has 2 bridgehead atoms. The van der Waals surface area contributed by atoms with Crippen LogP contribution >= 0.6 is 0 Å². The Morgan fingerprint density at radius 1 is 1.35 bits per heavy atom. The quantitative estimate of drug-likeness (QED) is 0.758. The minimum Gasteiger partial charge on any atom is -0.481 e. The molecule has 4 heteroatoms. The van der Waals surface area contributed by atoms with Gasteiger partial charge in [-0.05, 0) is 43.9 Å². The molecule has 0 saturated heterocycles. The number of carboxylic acid groups (broad SMARTS) is 1. The number of aliphatic carboxylic acids is 1. The summed E-state index contributed by atoms with van der Waals surface area (Å²) in [5.74, 6) is 0.0261. The number of amides is 1.